The fourth-order valence-electron chi connectivity index (χ4n) is 2.36. The zero-order valence-corrected chi connectivity index (χ0v) is 12.7. The van der Waals surface area contributed by atoms with Crippen LogP contribution in [0, 0.1) is 6.92 Å². The van der Waals surface area contributed by atoms with Crippen LogP contribution >= 0.6 is 0 Å². The lowest BCUT2D eigenvalue weighted by molar-refractivity contribution is 0.243. The molecule has 1 aromatic carbocycles. The highest BCUT2D eigenvalue weighted by Crippen LogP contribution is 2.23. The second-order valence-electron chi connectivity index (χ2n) is 5.18. The van der Waals surface area contributed by atoms with Crippen LogP contribution in [0.2, 0.25) is 0 Å². The van der Waals surface area contributed by atoms with Crippen molar-refractivity contribution >= 4 is 11.0 Å². The molecule has 0 saturated heterocycles. The van der Waals surface area contributed by atoms with Gasteiger partial charge in [-0.05, 0) is 36.8 Å². The highest BCUT2D eigenvalue weighted by Gasteiger charge is 2.11. The van der Waals surface area contributed by atoms with Gasteiger partial charge in [-0.3, -0.25) is 0 Å². The molecule has 0 aliphatic carbocycles. The normalized spacial score (nSPS) is 11.0. The Bertz CT molecular complexity index is 1050. The highest BCUT2D eigenvalue weighted by atomic mass is 16.5. The smallest absolute Gasteiger partial charge is 0.336 e. The monoisotopic (exact) mass is 324 g/mol. The zero-order chi connectivity index (χ0) is 16.5. The molecule has 4 aromatic rings. The maximum Gasteiger partial charge on any atom is 0.336 e. The van der Waals surface area contributed by atoms with Gasteiger partial charge >= 0.3 is 5.63 Å². The van der Waals surface area contributed by atoms with E-state index >= 15 is 0 Å². The SMILES string of the molecule is Cc1cc(=O)oc2cc(OCc3nc(-c4ccco4)no3)ccc12. The lowest BCUT2D eigenvalue weighted by Crippen LogP contribution is -1.99. The molecular formula is C17H12N2O5. The third-order valence-corrected chi connectivity index (χ3v) is 3.49. The second-order valence-corrected chi connectivity index (χ2v) is 5.18. The van der Waals surface area contributed by atoms with Crippen molar-refractivity contribution in [2.75, 3.05) is 0 Å². The first-order chi connectivity index (χ1) is 11.7. The van der Waals surface area contributed by atoms with Gasteiger partial charge in [0.25, 0.3) is 5.89 Å². The first kappa shape index (κ1) is 14.3. The number of fused-ring (bicyclic) bond motifs is 1. The van der Waals surface area contributed by atoms with Crippen molar-refractivity contribution in [3.63, 3.8) is 0 Å². The molecule has 0 N–H and O–H groups in total. The average molecular weight is 324 g/mol. The van der Waals surface area contributed by atoms with E-state index in [2.05, 4.69) is 10.1 Å². The van der Waals surface area contributed by atoms with E-state index in [0.717, 1.165) is 10.9 Å². The fourth-order valence-corrected chi connectivity index (χ4v) is 2.36. The molecule has 0 fully saturated rings. The Kier molecular flexibility index (Phi) is 3.38. The van der Waals surface area contributed by atoms with Crippen LogP contribution in [-0.4, -0.2) is 10.1 Å². The quantitative estimate of drug-likeness (QED) is 0.532. The highest BCUT2D eigenvalue weighted by molar-refractivity contribution is 5.81. The van der Waals surface area contributed by atoms with Crippen LogP contribution < -0.4 is 10.4 Å². The fraction of sp³-hybridized carbons (Fsp3) is 0.118. The molecule has 0 saturated carbocycles. The maximum atomic E-state index is 11.5. The van der Waals surface area contributed by atoms with Gasteiger partial charge in [-0.1, -0.05) is 5.16 Å². The van der Waals surface area contributed by atoms with Crippen LogP contribution in [0.4, 0.5) is 0 Å². The van der Waals surface area contributed by atoms with E-state index in [9.17, 15) is 4.79 Å². The van der Waals surface area contributed by atoms with Crippen molar-refractivity contribution in [3.8, 4) is 17.3 Å². The van der Waals surface area contributed by atoms with Gasteiger partial charge in [0.1, 0.15) is 11.3 Å². The Hall–Kier alpha value is -3.35. The summed E-state index contributed by atoms with van der Waals surface area (Å²) < 4.78 is 21.1. The molecule has 0 spiro atoms. The first-order valence-electron chi connectivity index (χ1n) is 7.23. The topological polar surface area (TPSA) is 91.5 Å². The number of nitrogens with zero attached hydrogens (tertiary/aromatic N) is 2. The van der Waals surface area contributed by atoms with Crippen LogP contribution in [0.25, 0.3) is 22.6 Å². The number of hydrogen-bond donors (Lipinski definition) is 0. The van der Waals surface area contributed by atoms with Crippen LogP contribution in [0.1, 0.15) is 11.5 Å². The van der Waals surface area contributed by atoms with E-state index in [-0.39, 0.29) is 6.61 Å². The summed E-state index contributed by atoms with van der Waals surface area (Å²) >= 11 is 0. The Morgan fingerprint density at radius 2 is 2.12 bits per heavy atom. The predicted molar refractivity (Wildman–Crippen MR) is 83.6 cm³/mol. The van der Waals surface area contributed by atoms with E-state index in [0.29, 0.717) is 28.8 Å². The van der Waals surface area contributed by atoms with Crippen molar-refractivity contribution in [2.24, 2.45) is 0 Å². The van der Waals surface area contributed by atoms with E-state index in [1.807, 2.05) is 13.0 Å². The van der Waals surface area contributed by atoms with Crippen LogP contribution in [0.15, 0.2) is 60.8 Å². The molecule has 0 radical (unpaired) electrons. The largest absolute Gasteiger partial charge is 0.484 e. The standard InChI is InChI=1S/C17H12N2O5/c1-10-7-16(20)23-14-8-11(4-5-12(10)14)22-9-15-18-17(19-24-15)13-3-2-6-21-13/h2-8H,9H2,1H3. The van der Waals surface area contributed by atoms with Crippen molar-refractivity contribution in [1.82, 2.24) is 10.1 Å². The Morgan fingerprint density at radius 1 is 1.21 bits per heavy atom. The third-order valence-electron chi connectivity index (χ3n) is 3.49. The zero-order valence-electron chi connectivity index (χ0n) is 12.7. The molecule has 0 aliphatic heterocycles. The number of hydrogen-bond acceptors (Lipinski definition) is 7. The summed E-state index contributed by atoms with van der Waals surface area (Å²) in [4.78, 5) is 15.6. The summed E-state index contributed by atoms with van der Waals surface area (Å²) in [7, 11) is 0. The van der Waals surface area contributed by atoms with Crippen LogP contribution in [0.3, 0.4) is 0 Å². The van der Waals surface area contributed by atoms with E-state index in [1.54, 1.807) is 24.3 Å². The number of furan rings is 1. The summed E-state index contributed by atoms with van der Waals surface area (Å²) in [6.07, 6.45) is 1.53. The Balaban J connectivity index is 1.54. The molecule has 0 unspecified atom stereocenters. The van der Waals surface area contributed by atoms with Crippen molar-refractivity contribution in [1.29, 1.82) is 0 Å². The molecule has 120 valence electrons. The molecule has 3 heterocycles. The van der Waals surface area contributed by atoms with Gasteiger partial charge in [0, 0.05) is 17.5 Å². The van der Waals surface area contributed by atoms with Gasteiger partial charge in [0.15, 0.2) is 12.4 Å². The molecule has 0 aliphatic rings. The lowest BCUT2D eigenvalue weighted by Gasteiger charge is -2.05. The van der Waals surface area contributed by atoms with E-state index in [1.165, 1.54) is 12.3 Å². The number of rotatable bonds is 4. The average Bonchev–Trinajstić information content (AvgIpc) is 3.23. The van der Waals surface area contributed by atoms with Gasteiger partial charge in [-0.2, -0.15) is 4.98 Å². The van der Waals surface area contributed by atoms with Gasteiger partial charge in [0.05, 0.1) is 6.26 Å². The minimum absolute atomic E-state index is 0.0925. The minimum atomic E-state index is -0.392. The molecular weight excluding hydrogens is 312 g/mol. The summed E-state index contributed by atoms with van der Waals surface area (Å²) in [6, 6.07) is 10.2. The molecule has 3 aromatic heterocycles. The molecule has 7 nitrogen and oxygen atoms in total. The Morgan fingerprint density at radius 3 is 2.96 bits per heavy atom. The van der Waals surface area contributed by atoms with Crippen molar-refractivity contribution in [3.05, 3.63) is 64.5 Å². The lowest BCUT2D eigenvalue weighted by atomic mass is 10.1. The molecule has 24 heavy (non-hydrogen) atoms. The maximum absolute atomic E-state index is 11.5. The molecule has 0 amide bonds. The second kappa shape index (κ2) is 5.69. The van der Waals surface area contributed by atoms with Gasteiger partial charge in [-0.25, -0.2) is 4.79 Å². The summed E-state index contributed by atoms with van der Waals surface area (Å²) in [5.41, 5.74) is 0.934. The number of aromatic nitrogens is 2. The minimum Gasteiger partial charge on any atom is -0.484 e. The first-order valence-corrected chi connectivity index (χ1v) is 7.23. The third kappa shape index (κ3) is 2.67. The number of aryl methyl sites for hydroxylation is 1. The van der Waals surface area contributed by atoms with Gasteiger partial charge in [-0.15, -0.1) is 0 Å². The molecule has 4 rings (SSSR count). The van der Waals surface area contributed by atoms with E-state index in [4.69, 9.17) is 18.1 Å². The molecule has 0 bridgehead atoms. The van der Waals surface area contributed by atoms with Crippen molar-refractivity contribution < 1.29 is 18.1 Å². The van der Waals surface area contributed by atoms with Gasteiger partial charge in [0.2, 0.25) is 5.82 Å². The summed E-state index contributed by atoms with van der Waals surface area (Å²) in [5.74, 6) is 1.73. The summed E-state index contributed by atoms with van der Waals surface area (Å²) in [5, 5.41) is 4.69. The number of benzene rings is 1. The van der Waals surface area contributed by atoms with Crippen LogP contribution in [-0.2, 0) is 6.61 Å². The molecule has 7 heteroatoms. The van der Waals surface area contributed by atoms with Gasteiger partial charge < -0.3 is 18.1 Å². The molecule has 0 atom stereocenters. The van der Waals surface area contributed by atoms with E-state index < -0.39 is 5.63 Å². The Labute approximate surface area is 135 Å². The van der Waals surface area contributed by atoms with Crippen LogP contribution in [0.5, 0.6) is 5.75 Å². The predicted octanol–water partition coefficient (Wildman–Crippen LogP) is 3.32. The summed E-state index contributed by atoms with van der Waals surface area (Å²) in [6.45, 7) is 1.95. The van der Waals surface area contributed by atoms with Crippen molar-refractivity contribution in [2.45, 2.75) is 13.5 Å². The number of ether oxygens (including phenoxy) is 1.